The maximum Gasteiger partial charge on any atom is 0.274 e. The van der Waals surface area contributed by atoms with E-state index in [1.807, 2.05) is 13.0 Å². The molecule has 1 amide bonds. The number of aromatic nitrogens is 1. The number of hydrogen-bond acceptors (Lipinski definition) is 4. The van der Waals surface area contributed by atoms with Crippen LogP contribution in [0.3, 0.4) is 0 Å². The van der Waals surface area contributed by atoms with Crippen molar-refractivity contribution in [2.75, 3.05) is 0 Å². The molecule has 5 heteroatoms. The highest BCUT2D eigenvalue weighted by Gasteiger charge is 2.06. The molecule has 0 fully saturated rings. The molecule has 1 aromatic carbocycles. The molecular formula is C9H8N2O2S. The van der Waals surface area contributed by atoms with Gasteiger partial charge >= 0.3 is 0 Å². The van der Waals surface area contributed by atoms with Crippen LogP contribution < -0.4 is 5.48 Å². The van der Waals surface area contributed by atoms with E-state index >= 15 is 0 Å². The molecule has 72 valence electrons. The smallest absolute Gasteiger partial charge is 0.274 e. The van der Waals surface area contributed by atoms with Crippen LogP contribution in [0.1, 0.15) is 15.4 Å². The number of hydrogen-bond donors (Lipinski definition) is 2. The second-order valence-electron chi connectivity index (χ2n) is 2.86. The van der Waals surface area contributed by atoms with Gasteiger partial charge in [-0.25, -0.2) is 10.5 Å². The van der Waals surface area contributed by atoms with E-state index in [-0.39, 0.29) is 0 Å². The highest BCUT2D eigenvalue weighted by Crippen LogP contribution is 2.22. The van der Waals surface area contributed by atoms with Crippen LogP contribution in [0.25, 0.3) is 10.2 Å². The standard InChI is InChI=1S/C9H8N2O2S/c1-5-10-7-4-6(9(12)11-13)2-3-8(7)14-5/h2-4,13H,1H3,(H,11,12). The minimum atomic E-state index is -0.516. The van der Waals surface area contributed by atoms with Crippen molar-refractivity contribution in [3.63, 3.8) is 0 Å². The molecule has 0 spiro atoms. The van der Waals surface area contributed by atoms with Crippen LogP contribution in [0.15, 0.2) is 18.2 Å². The molecule has 0 saturated carbocycles. The summed E-state index contributed by atoms with van der Waals surface area (Å²) in [6.07, 6.45) is 0. The van der Waals surface area contributed by atoms with Crippen LogP contribution in [0.4, 0.5) is 0 Å². The van der Waals surface area contributed by atoms with Gasteiger partial charge in [0, 0.05) is 5.56 Å². The number of carbonyl (C=O) groups excluding carboxylic acids is 1. The summed E-state index contributed by atoms with van der Waals surface area (Å²) in [5.41, 5.74) is 2.78. The van der Waals surface area contributed by atoms with Crippen molar-refractivity contribution in [2.45, 2.75) is 6.92 Å². The van der Waals surface area contributed by atoms with E-state index in [9.17, 15) is 4.79 Å². The monoisotopic (exact) mass is 208 g/mol. The molecule has 0 radical (unpaired) electrons. The molecule has 0 saturated heterocycles. The first-order chi connectivity index (χ1) is 6.70. The van der Waals surface area contributed by atoms with Crippen molar-refractivity contribution in [3.05, 3.63) is 28.8 Å². The Kier molecular flexibility index (Phi) is 2.18. The molecule has 0 unspecified atom stereocenters. The third-order valence-electron chi connectivity index (χ3n) is 1.86. The van der Waals surface area contributed by atoms with E-state index in [0.717, 1.165) is 15.2 Å². The van der Waals surface area contributed by atoms with Gasteiger partial charge in [0.05, 0.1) is 15.2 Å². The van der Waals surface area contributed by atoms with Gasteiger partial charge in [-0.2, -0.15) is 0 Å². The highest BCUT2D eigenvalue weighted by atomic mass is 32.1. The van der Waals surface area contributed by atoms with Crippen LogP contribution in [-0.2, 0) is 0 Å². The summed E-state index contributed by atoms with van der Waals surface area (Å²) in [6.45, 7) is 1.91. The van der Waals surface area contributed by atoms with Gasteiger partial charge in [0.25, 0.3) is 5.91 Å². The second-order valence-corrected chi connectivity index (χ2v) is 4.09. The first-order valence-electron chi connectivity index (χ1n) is 4.02. The normalized spacial score (nSPS) is 10.4. The Morgan fingerprint density at radius 1 is 1.57 bits per heavy atom. The summed E-state index contributed by atoms with van der Waals surface area (Å²) in [5, 5.41) is 9.41. The largest absolute Gasteiger partial charge is 0.288 e. The zero-order chi connectivity index (χ0) is 10.1. The Balaban J connectivity index is 2.55. The number of carbonyl (C=O) groups is 1. The van der Waals surface area contributed by atoms with E-state index in [1.54, 1.807) is 28.9 Å². The summed E-state index contributed by atoms with van der Waals surface area (Å²) in [6, 6.07) is 5.14. The van der Waals surface area contributed by atoms with Crippen LogP contribution in [-0.4, -0.2) is 16.1 Å². The summed E-state index contributed by atoms with van der Waals surface area (Å²) in [7, 11) is 0. The number of thiazole rings is 1. The average Bonchev–Trinajstić information content (AvgIpc) is 2.55. The van der Waals surface area contributed by atoms with Gasteiger partial charge in [-0.1, -0.05) is 0 Å². The Hall–Kier alpha value is -1.46. The molecule has 0 bridgehead atoms. The van der Waals surface area contributed by atoms with Gasteiger partial charge in [0.2, 0.25) is 0 Å². The summed E-state index contributed by atoms with van der Waals surface area (Å²) < 4.78 is 1.04. The van der Waals surface area contributed by atoms with Gasteiger partial charge in [-0.3, -0.25) is 10.0 Å². The van der Waals surface area contributed by atoms with Crippen molar-refractivity contribution in [2.24, 2.45) is 0 Å². The SMILES string of the molecule is Cc1nc2cc(C(=O)NO)ccc2s1. The Morgan fingerprint density at radius 2 is 2.36 bits per heavy atom. The summed E-state index contributed by atoms with van der Waals surface area (Å²) >= 11 is 1.57. The molecule has 14 heavy (non-hydrogen) atoms. The number of nitrogens with zero attached hydrogens (tertiary/aromatic N) is 1. The molecule has 4 nitrogen and oxygen atoms in total. The predicted octanol–water partition coefficient (Wildman–Crippen LogP) is 1.72. The third kappa shape index (κ3) is 1.47. The number of benzene rings is 1. The Morgan fingerprint density at radius 3 is 3.07 bits per heavy atom. The molecule has 0 aliphatic carbocycles. The van der Waals surface area contributed by atoms with Gasteiger partial charge in [-0.05, 0) is 25.1 Å². The lowest BCUT2D eigenvalue weighted by Crippen LogP contribution is -2.18. The first kappa shape index (κ1) is 9.11. The Bertz CT molecular complexity index is 493. The van der Waals surface area contributed by atoms with E-state index in [4.69, 9.17) is 5.21 Å². The van der Waals surface area contributed by atoms with Crippen LogP contribution in [0.5, 0.6) is 0 Å². The van der Waals surface area contributed by atoms with Crippen molar-refractivity contribution >= 4 is 27.5 Å². The average molecular weight is 208 g/mol. The lowest BCUT2D eigenvalue weighted by atomic mass is 10.2. The number of amides is 1. The number of rotatable bonds is 1. The summed E-state index contributed by atoms with van der Waals surface area (Å²) in [4.78, 5) is 15.3. The molecule has 0 aliphatic heterocycles. The fourth-order valence-corrected chi connectivity index (χ4v) is 2.06. The maximum absolute atomic E-state index is 11.1. The molecule has 2 rings (SSSR count). The van der Waals surface area contributed by atoms with Crippen molar-refractivity contribution < 1.29 is 10.0 Å². The van der Waals surface area contributed by atoms with Crippen LogP contribution >= 0.6 is 11.3 Å². The van der Waals surface area contributed by atoms with Gasteiger partial charge < -0.3 is 0 Å². The molecule has 1 aromatic heterocycles. The van der Waals surface area contributed by atoms with Crippen molar-refractivity contribution in [1.29, 1.82) is 0 Å². The zero-order valence-electron chi connectivity index (χ0n) is 7.44. The number of hydroxylamine groups is 1. The highest BCUT2D eigenvalue weighted by molar-refractivity contribution is 7.18. The van der Waals surface area contributed by atoms with E-state index in [1.165, 1.54) is 0 Å². The molecule has 0 atom stereocenters. The fraction of sp³-hybridized carbons (Fsp3) is 0.111. The van der Waals surface area contributed by atoms with Gasteiger partial charge in [-0.15, -0.1) is 11.3 Å². The molecule has 2 aromatic rings. The van der Waals surface area contributed by atoms with E-state index in [2.05, 4.69) is 4.98 Å². The fourth-order valence-electron chi connectivity index (χ4n) is 1.25. The van der Waals surface area contributed by atoms with Crippen LogP contribution in [0, 0.1) is 6.92 Å². The zero-order valence-corrected chi connectivity index (χ0v) is 8.26. The molecular weight excluding hydrogens is 200 g/mol. The molecule has 0 aliphatic rings. The molecule has 2 N–H and O–H groups in total. The minimum Gasteiger partial charge on any atom is -0.288 e. The second kappa shape index (κ2) is 3.36. The number of nitrogens with one attached hydrogen (secondary N) is 1. The Labute approximate surface area is 84.2 Å². The maximum atomic E-state index is 11.1. The van der Waals surface area contributed by atoms with Crippen molar-refractivity contribution in [3.8, 4) is 0 Å². The molecule has 1 heterocycles. The van der Waals surface area contributed by atoms with E-state index in [0.29, 0.717) is 5.56 Å². The third-order valence-corrected chi connectivity index (χ3v) is 2.81. The topological polar surface area (TPSA) is 62.2 Å². The minimum absolute atomic E-state index is 0.408. The first-order valence-corrected chi connectivity index (χ1v) is 4.84. The van der Waals surface area contributed by atoms with E-state index < -0.39 is 5.91 Å². The summed E-state index contributed by atoms with van der Waals surface area (Å²) in [5.74, 6) is -0.516. The number of fused-ring (bicyclic) bond motifs is 1. The van der Waals surface area contributed by atoms with Gasteiger partial charge in [0.15, 0.2) is 0 Å². The van der Waals surface area contributed by atoms with Crippen LogP contribution in [0.2, 0.25) is 0 Å². The lowest BCUT2D eigenvalue weighted by molar-refractivity contribution is 0.0706. The lowest BCUT2D eigenvalue weighted by Gasteiger charge is -1.96. The van der Waals surface area contributed by atoms with Crippen molar-refractivity contribution in [1.82, 2.24) is 10.5 Å². The quantitative estimate of drug-likeness (QED) is 0.554. The number of aryl methyl sites for hydroxylation is 1. The van der Waals surface area contributed by atoms with Gasteiger partial charge in [0.1, 0.15) is 0 Å². The predicted molar refractivity (Wildman–Crippen MR) is 53.6 cm³/mol.